The van der Waals surface area contributed by atoms with Crippen LogP contribution in [0.4, 0.5) is 4.79 Å². The number of amides is 1. The number of nitrogens with one attached hydrogen (secondary N) is 1. The van der Waals surface area contributed by atoms with Crippen molar-refractivity contribution in [2.45, 2.75) is 58.1 Å². The largest absolute Gasteiger partial charge is 0.444 e. The number of aliphatic hydroxyl groups is 1. The summed E-state index contributed by atoms with van der Waals surface area (Å²) in [6.45, 7) is 9.27. The molecule has 1 heterocycles. The summed E-state index contributed by atoms with van der Waals surface area (Å²) in [5, 5.41) is 12.1. The van der Waals surface area contributed by atoms with Crippen LogP contribution in [-0.4, -0.2) is 67.2 Å². The van der Waals surface area contributed by atoms with Crippen molar-refractivity contribution in [3.8, 4) is 0 Å². The molecule has 1 fully saturated rings. The van der Waals surface area contributed by atoms with Crippen LogP contribution in [0.5, 0.6) is 0 Å². The number of nitrogens with zero attached hydrogens (tertiary/aromatic N) is 1. The van der Waals surface area contributed by atoms with Crippen molar-refractivity contribution in [1.29, 1.82) is 0 Å². The average Bonchev–Trinajstić information content (AvgIpc) is 2.66. The maximum absolute atomic E-state index is 12.1. The summed E-state index contributed by atoms with van der Waals surface area (Å²) < 4.78 is 10.7. The van der Waals surface area contributed by atoms with Gasteiger partial charge in [-0.05, 0) is 53.0 Å². The Morgan fingerprint density at radius 3 is 2.73 bits per heavy atom. The van der Waals surface area contributed by atoms with E-state index in [-0.39, 0.29) is 12.7 Å². The van der Waals surface area contributed by atoms with Crippen LogP contribution in [0.25, 0.3) is 0 Å². The molecule has 0 radical (unpaired) electrons. The molecule has 0 spiro atoms. The van der Waals surface area contributed by atoms with Gasteiger partial charge in [0.1, 0.15) is 5.60 Å². The number of ether oxygens (including phenoxy) is 2. The Balaban J connectivity index is 2.20. The molecule has 0 bridgehead atoms. The molecule has 1 aliphatic heterocycles. The average molecular weight is 316 g/mol. The van der Waals surface area contributed by atoms with Crippen molar-refractivity contribution in [2.24, 2.45) is 0 Å². The van der Waals surface area contributed by atoms with Gasteiger partial charge in [0.25, 0.3) is 0 Å². The Morgan fingerprint density at radius 2 is 2.05 bits per heavy atom. The Bertz CT molecular complexity index is 318. The van der Waals surface area contributed by atoms with E-state index in [2.05, 4.69) is 5.32 Å². The third-order valence-electron chi connectivity index (χ3n) is 3.51. The van der Waals surface area contributed by atoms with E-state index in [0.717, 1.165) is 45.3 Å². The Labute approximate surface area is 134 Å². The fourth-order valence-electron chi connectivity index (χ4n) is 2.46. The van der Waals surface area contributed by atoms with E-state index in [1.54, 1.807) is 0 Å². The van der Waals surface area contributed by atoms with Crippen molar-refractivity contribution in [1.82, 2.24) is 10.2 Å². The second-order valence-corrected chi connectivity index (χ2v) is 6.74. The Hall–Kier alpha value is -0.850. The van der Waals surface area contributed by atoms with Gasteiger partial charge in [-0.15, -0.1) is 0 Å². The van der Waals surface area contributed by atoms with E-state index < -0.39 is 5.60 Å². The molecule has 1 unspecified atom stereocenters. The first-order valence-electron chi connectivity index (χ1n) is 8.32. The molecule has 130 valence electrons. The Morgan fingerprint density at radius 1 is 1.27 bits per heavy atom. The van der Waals surface area contributed by atoms with Gasteiger partial charge in [-0.25, -0.2) is 4.79 Å². The lowest BCUT2D eigenvalue weighted by Crippen LogP contribution is -2.38. The highest BCUT2D eigenvalue weighted by Crippen LogP contribution is 2.15. The molecule has 6 nitrogen and oxygen atoms in total. The monoisotopic (exact) mass is 316 g/mol. The maximum atomic E-state index is 12.1. The lowest BCUT2D eigenvalue weighted by atomic mass is 10.1. The van der Waals surface area contributed by atoms with Crippen LogP contribution in [0.2, 0.25) is 0 Å². The van der Waals surface area contributed by atoms with Crippen LogP contribution < -0.4 is 5.32 Å². The summed E-state index contributed by atoms with van der Waals surface area (Å²) in [5.74, 6) is 0. The zero-order valence-electron chi connectivity index (χ0n) is 14.3. The van der Waals surface area contributed by atoms with Crippen LogP contribution in [0.15, 0.2) is 0 Å². The van der Waals surface area contributed by atoms with Gasteiger partial charge >= 0.3 is 6.09 Å². The summed E-state index contributed by atoms with van der Waals surface area (Å²) in [6, 6.07) is 0.449. The molecule has 6 heteroatoms. The van der Waals surface area contributed by atoms with Crippen molar-refractivity contribution in [3.05, 3.63) is 0 Å². The summed E-state index contributed by atoms with van der Waals surface area (Å²) in [5.41, 5.74) is -0.435. The quantitative estimate of drug-likeness (QED) is 0.700. The minimum absolute atomic E-state index is 0.0799. The molecular weight excluding hydrogens is 284 g/mol. The zero-order valence-corrected chi connectivity index (χ0v) is 14.3. The van der Waals surface area contributed by atoms with Crippen LogP contribution in [0, 0.1) is 0 Å². The van der Waals surface area contributed by atoms with E-state index in [1.807, 2.05) is 25.7 Å². The molecule has 1 rings (SSSR count). The van der Waals surface area contributed by atoms with Gasteiger partial charge < -0.3 is 24.8 Å². The topological polar surface area (TPSA) is 71.0 Å². The first-order valence-corrected chi connectivity index (χ1v) is 8.32. The lowest BCUT2D eigenvalue weighted by Gasteiger charge is -2.26. The minimum atomic E-state index is -0.435. The van der Waals surface area contributed by atoms with Gasteiger partial charge in [-0.1, -0.05) is 0 Å². The molecule has 22 heavy (non-hydrogen) atoms. The molecule has 1 atom stereocenters. The van der Waals surface area contributed by atoms with E-state index in [1.165, 1.54) is 0 Å². The fourth-order valence-corrected chi connectivity index (χ4v) is 2.46. The molecule has 0 saturated carbocycles. The normalized spacial score (nSPS) is 19.8. The van der Waals surface area contributed by atoms with E-state index in [4.69, 9.17) is 14.6 Å². The van der Waals surface area contributed by atoms with Crippen molar-refractivity contribution < 1.29 is 19.4 Å². The summed E-state index contributed by atoms with van der Waals surface area (Å²) in [6.07, 6.45) is 3.77. The first-order chi connectivity index (χ1) is 10.4. The third kappa shape index (κ3) is 8.56. The van der Waals surface area contributed by atoms with Gasteiger partial charge in [0.15, 0.2) is 0 Å². The molecule has 0 aromatic heterocycles. The number of rotatable bonds is 7. The van der Waals surface area contributed by atoms with Crippen LogP contribution in [0.3, 0.4) is 0 Å². The molecular formula is C16H32N2O4. The predicted octanol–water partition coefficient (Wildman–Crippen LogP) is 1.76. The van der Waals surface area contributed by atoms with Gasteiger partial charge in [0, 0.05) is 25.7 Å². The molecule has 0 aliphatic carbocycles. The van der Waals surface area contributed by atoms with Gasteiger partial charge in [0.2, 0.25) is 0 Å². The van der Waals surface area contributed by atoms with E-state index >= 15 is 0 Å². The van der Waals surface area contributed by atoms with E-state index in [0.29, 0.717) is 19.3 Å². The van der Waals surface area contributed by atoms with Crippen LogP contribution in [0.1, 0.15) is 46.5 Å². The molecule has 1 amide bonds. The number of carbonyl (C=O) groups is 1. The number of hydrogen-bond acceptors (Lipinski definition) is 5. The Kier molecular flexibility index (Phi) is 8.75. The van der Waals surface area contributed by atoms with E-state index in [9.17, 15) is 4.79 Å². The number of hydrogen-bond donors (Lipinski definition) is 2. The second kappa shape index (κ2) is 10.0. The van der Waals surface area contributed by atoms with Gasteiger partial charge in [-0.2, -0.15) is 0 Å². The number of carbonyl (C=O) groups excluding carboxylic acids is 1. The zero-order chi connectivity index (χ0) is 16.4. The smallest absolute Gasteiger partial charge is 0.410 e. The van der Waals surface area contributed by atoms with Crippen molar-refractivity contribution >= 4 is 6.09 Å². The SMILES string of the molecule is CC(C)(C)OC(=O)N1CCCC(NCCCOCCO)CC1. The summed E-state index contributed by atoms with van der Waals surface area (Å²) in [4.78, 5) is 13.9. The molecule has 0 aromatic carbocycles. The standard InChI is InChI=1S/C16H32N2O4/c1-16(2,3)22-15(20)18-9-4-6-14(7-10-18)17-8-5-12-21-13-11-19/h14,17,19H,4-13H2,1-3H3. The van der Waals surface area contributed by atoms with Crippen molar-refractivity contribution in [2.75, 3.05) is 39.5 Å². The molecule has 1 aliphatic rings. The highest BCUT2D eigenvalue weighted by Gasteiger charge is 2.24. The first kappa shape index (κ1) is 19.2. The summed E-state index contributed by atoms with van der Waals surface area (Å²) >= 11 is 0. The van der Waals surface area contributed by atoms with Gasteiger partial charge in [-0.3, -0.25) is 0 Å². The van der Waals surface area contributed by atoms with Crippen LogP contribution >= 0.6 is 0 Å². The molecule has 2 N–H and O–H groups in total. The minimum Gasteiger partial charge on any atom is -0.444 e. The second-order valence-electron chi connectivity index (χ2n) is 6.74. The highest BCUT2D eigenvalue weighted by atomic mass is 16.6. The summed E-state index contributed by atoms with van der Waals surface area (Å²) in [7, 11) is 0. The van der Waals surface area contributed by atoms with Gasteiger partial charge in [0.05, 0.1) is 13.2 Å². The predicted molar refractivity (Wildman–Crippen MR) is 86.0 cm³/mol. The van der Waals surface area contributed by atoms with Crippen LogP contribution in [-0.2, 0) is 9.47 Å². The molecule has 1 saturated heterocycles. The molecule has 0 aromatic rings. The third-order valence-corrected chi connectivity index (χ3v) is 3.51. The number of aliphatic hydroxyl groups excluding tert-OH is 1. The fraction of sp³-hybridized carbons (Fsp3) is 0.938. The number of likely N-dealkylation sites (tertiary alicyclic amines) is 1. The maximum Gasteiger partial charge on any atom is 0.410 e. The lowest BCUT2D eigenvalue weighted by molar-refractivity contribution is 0.0256. The highest BCUT2D eigenvalue weighted by molar-refractivity contribution is 5.68. The van der Waals surface area contributed by atoms with Crippen molar-refractivity contribution in [3.63, 3.8) is 0 Å².